The average molecular weight is 706 g/mol. The van der Waals surface area contributed by atoms with E-state index in [1.807, 2.05) is 43.3 Å². The largest absolute Gasteiger partial charge is 0.493 e. The second-order valence-electron chi connectivity index (χ2n) is 14.4. The molecule has 0 N–H and O–H groups in total. The molecular formula is C39H51N3O7S. The van der Waals surface area contributed by atoms with Crippen LogP contribution in [-0.2, 0) is 19.1 Å². The van der Waals surface area contributed by atoms with Crippen molar-refractivity contribution < 1.29 is 31.6 Å². The molecule has 3 heterocycles. The Morgan fingerprint density at radius 2 is 1.26 bits per heavy atom. The quantitative estimate of drug-likeness (QED) is 0.160. The van der Waals surface area contributed by atoms with Gasteiger partial charge in [-0.05, 0) is 112 Å². The van der Waals surface area contributed by atoms with Crippen molar-refractivity contribution in [3.05, 3.63) is 72.6 Å². The third-order valence-electron chi connectivity index (χ3n) is 9.53. The fourth-order valence-electron chi connectivity index (χ4n) is 6.33. The van der Waals surface area contributed by atoms with Crippen molar-refractivity contribution in [2.24, 2.45) is 11.8 Å². The Labute approximate surface area is 297 Å². The van der Waals surface area contributed by atoms with Crippen molar-refractivity contribution in [2.75, 3.05) is 55.4 Å². The van der Waals surface area contributed by atoms with Crippen LogP contribution in [0.15, 0.2) is 66.9 Å². The van der Waals surface area contributed by atoms with E-state index in [1.54, 1.807) is 13.1 Å². The Balaban J connectivity index is 0.000000182. The summed E-state index contributed by atoms with van der Waals surface area (Å²) in [5, 5.41) is 0. The molecule has 3 atom stereocenters. The molecule has 3 aromatic rings. The molecule has 2 saturated heterocycles. The number of ether oxygens (including phenoxy) is 3. The Kier molecular flexibility index (Phi) is 11.8. The minimum Gasteiger partial charge on any atom is -0.493 e. The molecule has 1 aromatic heterocycles. The highest BCUT2D eigenvalue weighted by molar-refractivity contribution is 7.86. The topological polar surface area (TPSA) is 107 Å². The first-order valence-corrected chi connectivity index (χ1v) is 19.8. The first-order valence-electron chi connectivity index (χ1n) is 18.0. The zero-order valence-corrected chi connectivity index (χ0v) is 30.4. The monoisotopic (exact) mass is 705 g/mol. The molecule has 2 aliphatic carbocycles. The summed E-state index contributed by atoms with van der Waals surface area (Å²) in [6.45, 7) is 8.57. The number of ketones is 1. The number of nitrogens with zero attached hydrogens (tertiary/aromatic N) is 3. The highest BCUT2D eigenvalue weighted by atomic mass is 32.2. The zero-order valence-electron chi connectivity index (χ0n) is 29.5. The molecular weight excluding hydrogens is 655 g/mol. The number of hydrogen-bond donors (Lipinski definition) is 0. The molecule has 0 spiro atoms. The maximum atomic E-state index is 11.3. The third kappa shape index (κ3) is 11.3. The van der Waals surface area contributed by atoms with Gasteiger partial charge >= 0.3 is 0 Å². The SMILES string of the molecule is CC(=O)C[C@@H](C)c1ccc(OC2CCN(c3ccc(OCC4CC4)cc3)C2)cn1.CS(=O)(=O)O[C@H]1CCN(c2ccc(OCC3CC3)cc2)C1. The normalized spacial score (nSPS) is 20.9. The number of carbonyl (C=O) groups is 1. The summed E-state index contributed by atoms with van der Waals surface area (Å²) >= 11 is 0. The fraction of sp³-hybridized carbons (Fsp3) is 0.538. The van der Waals surface area contributed by atoms with E-state index in [9.17, 15) is 13.2 Å². The molecule has 2 aromatic carbocycles. The summed E-state index contributed by atoms with van der Waals surface area (Å²) in [6, 6.07) is 20.3. The molecule has 0 bridgehead atoms. The second kappa shape index (κ2) is 16.5. The summed E-state index contributed by atoms with van der Waals surface area (Å²) in [5.74, 6) is 4.49. The molecule has 0 amide bonds. The van der Waals surface area contributed by atoms with Crippen molar-refractivity contribution in [1.29, 1.82) is 0 Å². The van der Waals surface area contributed by atoms with Crippen LogP contribution in [0.2, 0.25) is 0 Å². The highest BCUT2D eigenvalue weighted by Gasteiger charge is 2.27. The van der Waals surface area contributed by atoms with E-state index >= 15 is 0 Å². The van der Waals surface area contributed by atoms with Gasteiger partial charge in [-0.1, -0.05) is 6.92 Å². The van der Waals surface area contributed by atoms with Gasteiger partial charge in [-0.2, -0.15) is 8.42 Å². The lowest BCUT2D eigenvalue weighted by atomic mass is 10.0. The van der Waals surface area contributed by atoms with Gasteiger partial charge in [0.1, 0.15) is 29.1 Å². The van der Waals surface area contributed by atoms with Crippen LogP contribution in [0, 0.1) is 11.8 Å². The van der Waals surface area contributed by atoms with Crippen molar-refractivity contribution in [2.45, 2.75) is 76.9 Å². The van der Waals surface area contributed by atoms with Crippen molar-refractivity contribution in [3.8, 4) is 17.2 Å². The number of aromatic nitrogens is 1. The van der Waals surface area contributed by atoms with Crippen LogP contribution < -0.4 is 24.0 Å². The molecule has 0 radical (unpaired) electrons. The minimum atomic E-state index is -3.38. The van der Waals surface area contributed by atoms with E-state index in [2.05, 4.69) is 39.0 Å². The number of benzene rings is 2. The first kappa shape index (κ1) is 36.0. The number of pyridine rings is 1. The van der Waals surface area contributed by atoms with Crippen LogP contribution in [-0.4, -0.2) is 77.0 Å². The van der Waals surface area contributed by atoms with E-state index in [0.717, 1.165) is 92.4 Å². The predicted molar refractivity (Wildman–Crippen MR) is 195 cm³/mol. The van der Waals surface area contributed by atoms with Gasteiger partial charge in [-0.25, -0.2) is 0 Å². The van der Waals surface area contributed by atoms with Gasteiger partial charge in [-0.15, -0.1) is 0 Å². The third-order valence-corrected chi connectivity index (χ3v) is 10.2. The minimum absolute atomic E-state index is 0.139. The Morgan fingerprint density at radius 1 is 0.760 bits per heavy atom. The van der Waals surface area contributed by atoms with E-state index in [0.29, 0.717) is 13.0 Å². The van der Waals surface area contributed by atoms with Gasteiger partial charge in [0, 0.05) is 55.5 Å². The molecule has 10 nitrogen and oxygen atoms in total. The molecule has 50 heavy (non-hydrogen) atoms. The van der Waals surface area contributed by atoms with Crippen molar-refractivity contribution in [3.63, 3.8) is 0 Å². The summed E-state index contributed by atoms with van der Waals surface area (Å²) in [5.41, 5.74) is 3.22. The van der Waals surface area contributed by atoms with Crippen LogP contribution in [0.25, 0.3) is 0 Å². The molecule has 2 aliphatic heterocycles. The summed E-state index contributed by atoms with van der Waals surface area (Å²) in [7, 11) is -3.38. The van der Waals surface area contributed by atoms with Gasteiger partial charge in [0.15, 0.2) is 0 Å². The van der Waals surface area contributed by atoms with E-state index in [1.165, 1.54) is 31.4 Å². The standard InChI is InChI=1S/C24H30N2O3.C15H21NO4S/c1-17(13-18(2)27)24-10-9-22(14-25-24)29-23-11-12-26(15-23)20-5-7-21(8-6-20)28-16-19-3-4-19;1-21(17,18)20-15-8-9-16(10-15)13-4-6-14(7-5-13)19-11-12-2-3-12/h5-10,14,17,19,23H,3-4,11-13,15-16H2,1-2H3;4-7,12,15H,2-3,8-11H2,1H3/t17-,23?;15-/m10/s1. The lowest BCUT2D eigenvalue weighted by Gasteiger charge is -2.19. The zero-order chi connectivity index (χ0) is 35.1. The van der Waals surface area contributed by atoms with Crippen LogP contribution in [0.3, 0.4) is 0 Å². The van der Waals surface area contributed by atoms with E-state index < -0.39 is 10.1 Å². The lowest BCUT2D eigenvalue weighted by Crippen LogP contribution is -2.24. The van der Waals surface area contributed by atoms with Crippen molar-refractivity contribution >= 4 is 27.3 Å². The molecule has 270 valence electrons. The highest BCUT2D eigenvalue weighted by Crippen LogP contribution is 2.32. The van der Waals surface area contributed by atoms with Gasteiger partial charge in [0.2, 0.25) is 0 Å². The maximum absolute atomic E-state index is 11.3. The predicted octanol–water partition coefficient (Wildman–Crippen LogP) is 6.64. The van der Waals surface area contributed by atoms with Crippen LogP contribution in [0.5, 0.6) is 17.2 Å². The lowest BCUT2D eigenvalue weighted by molar-refractivity contribution is -0.117. The van der Waals surface area contributed by atoms with Crippen LogP contribution >= 0.6 is 0 Å². The maximum Gasteiger partial charge on any atom is 0.264 e. The molecule has 4 fully saturated rings. The number of carbonyl (C=O) groups excluding carboxylic acids is 1. The Bertz CT molecular complexity index is 1640. The fourth-order valence-corrected chi connectivity index (χ4v) is 6.98. The van der Waals surface area contributed by atoms with Gasteiger partial charge in [-0.3, -0.25) is 9.17 Å². The van der Waals surface area contributed by atoms with Crippen molar-refractivity contribution in [1.82, 2.24) is 4.98 Å². The molecule has 4 aliphatic rings. The molecule has 2 saturated carbocycles. The smallest absolute Gasteiger partial charge is 0.264 e. The number of hydrogen-bond acceptors (Lipinski definition) is 10. The van der Waals surface area contributed by atoms with E-state index in [4.69, 9.17) is 18.4 Å². The second-order valence-corrected chi connectivity index (χ2v) is 16.0. The van der Waals surface area contributed by atoms with Gasteiger partial charge in [0.25, 0.3) is 10.1 Å². The van der Waals surface area contributed by atoms with Crippen LogP contribution in [0.1, 0.15) is 70.4 Å². The number of Topliss-reactive ketones (excluding diaryl/α,β-unsaturated/α-hetero) is 1. The van der Waals surface area contributed by atoms with Gasteiger partial charge < -0.3 is 28.8 Å². The molecule has 11 heteroatoms. The Morgan fingerprint density at radius 3 is 1.72 bits per heavy atom. The Hall–Kier alpha value is -3.83. The van der Waals surface area contributed by atoms with E-state index in [-0.39, 0.29) is 23.9 Å². The average Bonchev–Trinajstić information content (AvgIpc) is 4.01. The van der Waals surface area contributed by atoms with Crippen LogP contribution in [0.4, 0.5) is 11.4 Å². The number of anilines is 2. The molecule has 7 rings (SSSR count). The summed E-state index contributed by atoms with van der Waals surface area (Å²) in [6.07, 6.45) is 10.2. The first-order chi connectivity index (χ1) is 24.1. The summed E-state index contributed by atoms with van der Waals surface area (Å²) < 4.78 is 45.0. The van der Waals surface area contributed by atoms with Gasteiger partial charge in [0.05, 0.1) is 38.3 Å². The summed E-state index contributed by atoms with van der Waals surface area (Å²) in [4.78, 5) is 20.3. The number of rotatable bonds is 15. The molecule has 1 unspecified atom stereocenters.